The molecule has 1 atom stereocenters. The lowest BCUT2D eigenvalue weighted by molar-refractivity contribution is -0.139. The van der Waals surface area contributed by atoms with Crippen LogP contribution in [-0.4, -0.2) is 53.6 Å². The van der Waals surface area contributed by atoms with Crippen molar-refractivity contribution in [2.75, 3.05) is 33.4 Å². The van der Waals surface area contributed by atoms with Crippen molar-refractivity contribution in [3.05, 3.63) is 66.2 Å². The van der Waals surface area contributed by atoms with Crippen LogP contribution < -0.4 is 4.74 Å². The highest BCUT2D eigenvalue weighted by Gasteiger charge is 2.44. The number of hydrogen-bond donors (Lipinski definition) is 0. The molecule has 1 aromatic carbocycles. The van der Waals surface area contributed by atoms with E-state index in [0.29, 0.717) is 26.3 Å². The molecule has 5 rings (SSSR count). The maximum absolute atomic E-state index is 14.2. The van der Waals surface area contributed by atoms with Crippen LogP contribution in [-0.2, 0) is 21.4 Å². The van der Waals surface area contributed by atoms with Crippen LogP contribution in [0.1, 0.15) is 43.4 Å². The predicted molar refractivity (Wildman–Crippen MR) is 128 cm³/mol. The van der Waals surface area contributed by atoms with Gasteiger partial charge in [-0.1, -0.05) is 31.4 Å². The van der Waals surface area contributed by atoms with Crippen molar-refractivity contribution in [2.24, 2.45) is 5.92 Å². The SMILES string of the molecule is COc1ccc(C2(C(=O)N3CCOC[C@H](Cc4nccn5cccc45)C3)CCCCC2)cc1. The number of methoxy groups -OCH3 is 1. The van der Waals surface area contributed by atoms with Gasteiger partial charge in [0.2, 0.25) is 5.91 Å². The minimum atomic E-state index is -0.445. The first kappa shape index (κ1) is 22.0. The Morgan fingerprint density at radius 1 is 1.15 bits per heavy atom. The summed E-state index contributed by atoms with van der Waals surface area (Å²) in [7, 11) is 1.68. The molecule has 0 unspecified atom stereocenters. The summed E-state index contributed by atoms with van der Waals surface area (Å²) in [6, 6.07) is 12.3. The largest absolute Gasteiger partial charge is 0.497 e. The van der Waals surface area contributed by atoms with E-state index in [-0.39, 0.29) is 11.8 Å². The van der Waals surface area contributed by atoms with E-state index in [2.05, 4.69) is 32.5 Å². The van der Waals surface area contributed by atoms with Gasteiger partial charge in [0.25, 0.3) is 0 Å². The summed E-state index contributed by atoms with van der Waals surface area (Å²) in [6.45, 7) is 2.60. The molecule has 0 radical (unpaired) electrons. The van der Waals surface area contributed by atoms with Crippen molar-refractivity contribution in [3.63, 3.8) is 0 Å². The summed E-state index contributed by atoms with van der Waals surface area (Å²) in [5.74, 6) is 1.31. The molecule has 2 aromatic heterocycles. The summed E-state index contributed by atoms with van der Waals surface area (Å²) in [5.41, 5.74) is 2.86. The predicted octanol–water partition coefficient (Wildman–Crippen LogP) is 4.26. The van der Waals surface area contributed by atoms with Crippen LogP contribution in [0.15, 0.2) is 55.0 Å². The summed E-state index contributed by atoms with van der Waals surface area (Å²) in [4.78, 5) is 20.9. The lowest BCUT2D eigenvalue weighted by Gasteiger charge is -2.40. The fourth-order valence-corrected chi connectivity index (χ4v) is 5.64. The second-order valence-corrected chi connectivity index (χ2v) is 9.44. The first-order valence-corrected chi connectivity index (χ1v) is 12.1. The van der Waals surface area contributed by atoms with Crippen LogP contribution in [0.4, 0.5) is 0 Å². The maximum atomic E-state index is 14.2. The van der Waals surface area contributed by atoms with Crippen molar-refractivity contribution in [2.45, 2.75) is 43.9 Å². The summed E-state index contributed by atoms with van der Waals surface area (Å²) >= 11 is 0. The van der Waals surface area contributed by atoms with Crippen molar-refractivity contribution in [1.29, 1.82) is 0 Å². The molecule has 6 nitrogen and oxygen atoms in total. The number of hydrogen-bond acceptors (Lipinski definition) is 4. The molecule has 6 heteroatoms. The van der Waals surface area contributed by atoms with E-state index in [1.54, 1.807) is 7.11 Å². The number of nitrogens with zero attached hydrogens (tertiary/aromatic N) is 3. The average molecular weight is 448 g/mol. The zero-order chi connectivity index (χ0) is 22.7. The molecule has 1 amide bonds. The van der Waals surface area contributed by atoms with Gasteiger partial charge >= 0.3 is 0 Å². The Balaban J connectivity index is 1.39. The van der Waals surface area contributed by atoms with Crippen molar-refractivity contribution in [1.82, 2.24) is 14.3 Å². The van der Waals surface area contributed by atoms with Gasteiger partial charge in [0.1, 0.15) is 5.75 Å². The Bertz CT molecular complexity index is 1090. The zero-order valence-electron chi connectivity index (χ0n) is 19.4. The highest BCUT2D eigenvalue weighted by molar-refractivity contribution is 5.88. The molecular formula is C27H33N3O3. The van der Waals surface area contributed by atoms with Crippen LogP contribution in [0, 0.1) is 5.92 Å². The second kappa shape index (κ2) is 9.56. The summed E-state index contributed by atoms with van der Waals surface area (Å²) in [6.07, 6.45) is 11.9. The number of aromatic nitrogens is 2. The topological polar surface area (TPSA) is 56.1 Å². The Morgan fingerprint density at radius 2 is 1.97 bits per heavy atom. The van der Waals surface area contributed by atoms with Gasteiger partial charge in [-0.2, -0.15) is 0 Å². The zero-order valence-corrected chi connectivity index (χ0v) is 19.4. The molecule has 1 aliphatic heterocycles. The lowest BCUT2D eigenvalue weighted by Crippen LogP contribution is -2.50. The van der Waals surface area contributed by atoms with E-state index in [0.717, 1.165) is 54.6 Å². The van der Waals surface area contributed by atoms with Gasteiger partial charge in [-0.25, -0.2) is 0 Å². The van der Waals surface area contributed by atoms with Gasteiger partial charge < -0.3 is 18.8 Å². The second-order valence-electron chi connectivity index (χ2n) is 9.44. The third kappa shape index (κ3) is 4.36. The van der Waals surface area contributed by atoms with Crippen molar-refractivity contribution < 1.29 is 14.3 Å². The van der Waals surface area contributed by atoms with Crippen molar-refractivity contribution in [3.8, 4) is 5.75 Å². The minimum Gasteiger partial charge on any atom is -0.497 e. The third-order valence-electron chi connectivity index (χ3n) is 7.40. The third-order valence-corrected chi connectivity index (χ3v) is 7.40. The molecule has 2 fully saturated rings. The lowest BCUT2D eigenvalue weighted by atomic mass is 9.68. The van der Waals surface area contributed by atoms with E-state index < -0.39 is 5.41 Å². The van der Waals surface area contributed by atoms with Crippen LogP contribution in [0.25, 0.3) is 5.52 Å². The van der Waals surface area contributed by atoms with Crippen LogP contribution in [0.2, 0.25) is 0 Å². The Labute approximate surface area is 195 Å². The molecule has 0 N–H and O–H groups in total. The molecule has 1 saturated carbocycles. The van der Waals surface area contributed by atoms with Gasteiger partial charge in [-0.3, -0.25) is 9.78 Å². The van der Waals surface area contributed by atoms with E-state index in [9.17, 15) is 4.79 Å². The molecule has 174 valence electrons. The molecule has 0 bridgehead atoms. The minimum absolute atomic E-state index is 0.224. The number of rotatable bonds is 5. The van der Waals surface area contributed by atoms with Crippen molar-refractivity contribution >= 4 is 11.4 Å². The molecular weight excluding hydrogens is 414 g/mol. The number of ether oxygens (including phenoxy) is 2. The average Bonchev–Trinajstić information content (AvgIpc) is 3.24. The number of amides is 1. The molecule has 1 saturated heterocycles. The molecule has 1 aliphatic carbocycles. The van der Waals surface area contributed by atoms with Gasteiger partial charge in [0.15, 0.2) is 0 Å². The quantitative estimate of drug-likeness (QED) is 0.586. The van der Waals surface area contributed by atoms with E-state index in [1.807, 2.05) is 36.8 Å². The summed E-state index contributed by atoms with van der Waals surface area (Å²) in [5, 5.41) is 0. The molecule has 2 aliphatic rings. The molecule has 0 spiro atoms. The van der Waals surface area contributed by atoms with E-state index >= 15 is 0 Å². The monoisotopic (exact) mass is 447 g/mol. The number of benzene rings is 1. The normalized spacial score (nSPS) is 21.0. The fraction of sp³-hybridized carbons (Fsp3) is 0.481. The van der Waals surface area contributed by atoms with E-state index in [1.165, 1.54) is 6.42 Å². The summed E-state index contributed by atoms with van der Waals surface area (Å²) < 4.78 is 13.4. The maximum Gasteiger partial charge on any atom is 0.233 e. The standard InChI is InChI=1S/C27H33N3O3/c1-32-23-9-7-22(8-10-23)27(11-3-2-4-12-27)26(31)30-16-17-33-20-21(19-30)18-24-25-6-5-14-29(25)15-13-28-24/h5-10,13-15,21H,2-4,11-12,16-20H2,1H3/t21-/m1/s1. The fourth-order valence-electron chi connectivity index (χ4n) is 5.64. The van der Waals surface area contributed by atoms with Gasteiger partial charge in [-0.15, -0.1) is 0 Å². The van der Waals surface area contributed by atoms with Crippen LogP contribution in [0.3, 0.4) is 0 Å². The number of carbonyl (C=O) groups is 1. The molecule has 3 heterocycles. The Hall–Kier alpha value is -2.86. The van der Waals surface area contributed by atoms with Gasteiger partial charge in [-0.05, 0) is 49.1 Å². The van der Waals surface area contributed by atoms with Crippen LogP contribution in [0.5, 0.6) is 5.75 Å². The molecule has 33 heavy (non-hydrogen) atoms. The number of carbonyl (C=O) groups excluding carboxylic acids is 1. The number of fused-ring (bicyclic) bond motifs is 1. The first-order valence-electron chi connectivity index (χ1n) is 12.1. The smallest absolute Gasteiger partial charge is 0.233 e. The Morgan fingerprint density at radius 3 is 2.76 bits per heavy atom. The van der Waals surface area contributed by atoms with Gasteiger partial charge in [0.05, 0.1) is 36.9 Å². The highest BCUT2D eigenvalue weighted by atomic mass is 16.5. The van der Waals surface area contributed by atoms with E-state index in [4.69, 9.17) is 9.47 Å². The van der Waals surface area contributed by atoms with Gasteiger partial charge in [0, 0.05) is 37.6 Å². The highest BCUT2D eigenvalue weighted by Crippen LogP contribution is 2.42. The first-order chi connectivity index (χ1) is 16.2. The molecule has 3 aromatic rings. The van der Waals surface area contributed by atoms with Crippen LogP contribution >= 0.6 is 0 Å². The Kier molecular flexibility index (Phi) is 6.36.